The van der Waals surface area contributed by atoms with Gasteiger partial charge in [-0.3, -0.25) is 19.5 Å². The van der Waals surface area contributed by atoms with Gasteiger partial charge < -0.3 is 9.52 Å². The Labute approximate surface area is 164 Å². The van der Waals surface area contributed by atoms with E-state index in [1.54, 1.807) is 30.5 Å². The van der Waals surface area contributed by atoms with Gasteiger partial charge in [0, 0.05) is 12.1 Å². The van der Waals surface area contributed by atoms with Crippen LogP contribution in [0.3, 0.4) is 0 Å². The first-order valence-electron chi connectivity index (χ1n) is 8.58. The highest BCUT2D eigenvalue weighted by molar-refractivity contribution is 7.15. The van der Waals surface area contributed by atoms with Crippen molar-refractivity contribution in [2.75, 3.05) is 4.90 Å². The Morgan fingerprint density at radius 1 is 1.25 bits per heavy atom. The summed E-state index contributed by atoms with van der Waals surface area (Å²) < 4.78 is 5.18. The molecular formula is C19H16N4O4S. The topological polar surface area (TPSA) is 109 Å². The molecule has 8 nitrogen and oxygen atoms in total. The molecule has 1 atom stereocenters. The highest BCUT2D eigenvalue weighted by Gasteiger charge is 2.47. The van der Waals surface area contributed by atoms with Crippen LogP contribution in [0.5, 0.6) is 0 Å². The third-order valence-corrected chi connectivity index (χ3v) is 5.52. The van der Waals surface area contributed by atoms with Gasteiger partial charge in [0.2, 0.25) is 10.9 Å². The maximum Gasteiger partial charge on any atom is 0.296 e. The van der Waals surface area contributed by atoms with E-state index >= 15 is 0 Å². The molecule has 0 spiro atoms. The van der Waals surface area contributed by atoms with E-state index in [2.05, 4.69) is 15.2 Å². The lowest BCUT2D eigenvalue weighted by Crippen LogP contribution is -2.31. The number of nitrogens with zero attached hydrogens (tertiary/aromatic N) is 4. The van der Waals surface area contributed by atoms with Crippen LogP contribution < -0.4 is 4.90 Å². The molecule has 0 fully saturated rings. The van der Waals surface area contributed by atoms with Crippen molar-refractivity contribution in [2.24, 2.45) is 0 Å². The first-order chi connectivity index (χ1) is 13.5. The number of aliphatic hydroxyl groups excluding tert-OH is 1. The van der Waals surface area contributed by atoms with Gasteiger partial charge in [0.05, 0.1) is 17.5 Å². The SMILES string of the molecule is CC(C)c1nnc(N2C(=O)C(O)=C(C(=O)c3ccco3)C2c2ccccn2)s1. The Hall–Kier alpha value is -3.33. The molecule has 3 aromatic heterocycles. The zero-order valence-corrected chi connectivity index (χ0v) is 15.9. The van der Waals surface area contributed by atoms with E-state index in [1.807, 2.05) is 13.8 Å². The molecule has 0 aromatic carbocycles. The molecule has 9 heteroatoms. The van der Waals surface area contributed by atoms with Crippen molar-refractivity contribution in [3.63, 3.8) is 0 Å². The van der Waals surface area contributed by atoms with Gasteiger partial charge >= 0.3 is 0 Å². The zero-order valence-electron chi connectivity index (χ0n) is 15.1. The number of ketones is 1. The molecule has 1 aliphatic heterocycles. The Balaban J connectivity index is 1.85. The first-order valence-corrected chi connectivity index (χ1v) is 9.40. The lowest BCUT2D eigenvalue weighted by atomic mass is 9.99. The molecule has 4 rings (SSSR count). The number of carbonyl (C=O) groups is 2. The predicted octanol–water partition coefficient (Wildman–Crippen LogP) is 3.43. The van der Waals surface area contributed by atoms with E-state index in [-0.39, 0.29) is 22.4 Å². The van der Waals surface area contributed by atoms with Crippen LogP contribution in [0.25, 0.3) is 0 Å². The Kier molecular flexibility index (Phi) is 4.52. The summed E-state index contributed by atoms with van der Waals surface area (Å²) in [6.07, 6.45) is 2.91. The van der Waals surface area contributed by atoms with Gasteiger partial charge in [-0.15, -0.1) is 10.2 Å². The van der Waals surface area contributed by atoms with Gasteiger partial charge in [-0.2, -0.15) is 0 Å². The van der Waals surface area contributed by atoms with E-state index < -0.39 is 23.5 Å². The molecular weight excluding hydrogens is 380 g/mol. The van der Waals surface area contributed by atoms with Crippen LogP contribution in [0, 0.1) is 0 Å². The van der Waals surface area contributed by atoms with Gasteiger partial charge in [0.15, 0.2) is 11.5 Å². The van der Waals surface area contributed by atoms with Gasteiger partial charge in [0.25, 0.3) is 5.91 Å². The lowest BCUT2D eigenvalue weighted by Gasteiger charge is -2.22. The Morgan fingerprint density at radius 2 is 2.07 bits per heavy atom. The van der Waals surface area contributed by atoms with Crippen LogP contribution >= 0.6 is 11.3 Å². The number of amides is 1. The summed E-state index contributed by atoms with van der Waals surface area (Å²) >= 11 is 1.24. The Morgan fingerprint density at radius 3 is 2.68 bits per heavy atom. The van der Waals surface area contributed by atoms with Gasteiger partial charge in [-0.05, 0) is 24.3 Å². The lowest BCUT2D eigenvalue weighted by molar-refractivity contribution is -0.117. The molecule has 1 amide bonds. The van der Waals surface area contributed by atoms with Crippen LogP contribution in [-0.4, -0.2) is 32.0 Å². The number of furan rings is 1. The van der Waals surface area contributed by atoms with E-state index in [9.17, 15) is 14.7 Å². The Bertz CT molecular complexity index is 1060. The fourth-order valence-electron chi connectivity index (χ4n) is 2.95. The van der Waals surface area contributed by atoms with Crippen molar-refractivity contribution < 1.29 is 19.1 Å². The largest absolute Gasteiger partial charge is 0.503 e. The number of anilines is 1. The number of aromatic nitrogens is 3. The quantitative estimate of drug-likeness (QED) is 0.658. The van der Waals surface area contributed by atoms with E-state index in [4.69, 9.17) is 4.42 Å². The molecule has 3 aromatic rings. The second-order valence-electron chi connectivity index (χ2n) is 6.48. The fraction of sp³-hybridized carbons (Fsp3) is 0.211. The van der Waals surface area contributed by atoms with Crippen molar-refractivity contribution in [1.82, 2.24) is 15.2 Å². The smallest absolute Gasteiger partial charge is 0.296 e. The number of hydrogen-bond acceptors (Lipinski definition) is 8. The van der Waals surface area contributed by atoms with E-state index in [0.717, 1.165) is 5.01 Å². The number of Topliss-reactive ketones (excluding diaryl/α,β-unsaturated/α-hetero) is 1. The normalized spacial score (nSPS) is 17.0. The van der Waals surface area contributed by atoms with Crippen molar-refractivity contribution >= 4 is 28.2 Å². The number of rotatable bonds is 5. The molecule has 0 bridgehead atoms. The number of aliphatic hydroxyl groups is 1. The maximum atomic E-state index is 13.0. The van der Waals surface area contributed by atoms with Crippen molar-refractivity contribution in [3.8, 4) is 0 Å². The molecule has 1 unspecified atom stereocenters. The van der Waals surface area contributed by atoms with Crippen LogP contribution in [-0.2, 0) is 4.79 Å². The molecule has 0 saturated carbocycles. The standard InChI is InChI=1S/C19H16N4O4S/c1-10(2)17-21-22-19(28-17)23-14(11-6-3-4-8-20-11)13(16(25)18(23)26)15(24)12-7-5-9-27-12/h3-10,14,25H,1-2H3. The molecule has 0 aliphatic carbocycles. The highest BCUT2D eigenvalue weighted by atomic mass is 32.1. The van der Waals surface area contributed by atoms with Gasteiger partial charge in [0.1, 0.15) is 11.0 Å². The predicted molar refractivity (Wildman–Crippen MR) is 101 cm³/mol. The first kappa shape index (κ1) is 18.1. The third kappa shape index (κ3) is 2.89. The molecule has 4 heterocycles. The average molecular weight is 396 g/mol. The summed E-state index contributed by atoms with van der Waals surface area (Å²) in [6, 6.07) is 7.27. The number of hydrogen-bond donors (Lipinski definition) is 1. The third-order valence-electron chi connectivity index (χ3n) is 4.30. The zero-order chi connectivity index (χ0) is 19.8. The average Bonchev–Trinajstić information content (AvgIpc) is 3.43. The second kappa shape index (κ2) is 7.01. The second-order valence-corrected chi connectivity index (χ2v) is 7.47. The van der Waals surface area contributed by atoms with Gasteiger partial charge in [-0.1, -0.05) is 31.3 Å². The minimum absolute atomic E-state index is 0.0252. The minimum atomic E-state index is -0.931. The van der Waals surface area contributed by atoms with Crippen molar-refractivity contribution in [3.05, 3.63) is 70.6 Å². The summed E-state index contributed by atoms with van der Waals surface area (Å²) in [5.41, 5.74) is 0.330. The van der Waals surface area contributed by atoms with E-state index in [0.29, 0.717) is 5.69 Å². The van der Waals surface area contributed by atoms with Crippen LogP contribution in [0.15, 0.2) is 58.5 Å². The monoisotopic (exact) mass is 396 g/mol. The van der Waals surface area contributed by atoms with Crippen molar-refractivity contribution in [1.29, 1.82) is 0 Å². The summed E-state index contributed by atoms with van der Waals surface area (Å²) in [5.74, 6) is -1.79. The van der Waals surface area contributed by atoms with Crippen LogP contribution in [0.1, 0.15) is 47.1 Å². The minimum Gasteiger partial charge on any atom is -0.503 e. The van der Waals surface area contributed by atoms with Gasteiger partial charge in [-0.25, -0.2) is 0 Å². The van der Waals surface area contributed by atoms with Crippen LogP contribution in [0.4, 0.5) is 5.13 Å². The molecule has 1 aliphatic rings. The summed E-state index contributed by atoms with van der Waals surface area (Å²) in [7, 11) is 0. The summed E-state index contributed by atoms with van der Waals surface area (Å²) in [6.45, 7) is 3.93. The molecule has 0 saturated heterocycles. The summed E-state index contributed by atoms with van der Waals surface area (Å²) in [5, 5.41) is 19.8. The molecule has 28 heavy (non-hydrogen) atoms. The molecule has 142 valence electrons. The number of carbonyl (C=O) groups excluding carboxylic acids is 2. The van der Waals surface area contributed by atoms with Crippen LogP contribution in [0.2, 0.25) is 0 Å². The summed E-state index contributed by atoms with van der Waals surface area (Å²) in [4.78, 5) is 31.4. The number of pyridine rings is 1. The van der Waals surface area contributed by atoms with E-state index in [1.165, 1.54) is 28.6 Å². The highest BCUT2D eigenvalue weighted by Crippen LogP contribution is 2.42. The fourth-order valence-corrected chi connectivity index (χ4v) is 3.82. The molecule has 0 radical (unpaired) electrons. The van der Waals surface area contributed by atoms with Crippen molar-refractivity contribution in [2.45, 2.75) is 25.8 Å². The molecule has 1 N–H and O–H groups in total. The maximum absolute atomic E-state index is 13.0.